The van der Waals surface area contributed by atoms with Gasteiger partial charge in [-0.3, -0.25) is 9.79 Å². The monoisotopic (exact) mass is 364 g/mol. The van der Waals surface area contributed by atoms with E-state index < -0.39 is 0 Å². The van der Waals surface area contributed by atoms with E-state index in [0.29, 0.717) is 11.8 Å². The number of thioether (sulfide) groups is 1. The van der Waals surface area contributed by atoms with Crippen LogP contribution in [0.5, 0.6) is 5.75 Å². The van der Waals surface area contributed by atoms with Gasteiger partial charge in [-0.25, -0.2) is 0 Å². The molecule has 138 valence electrons. The second kappa shape index (κ2) is 10.2. The van der Waals surface area contributed by atoms with Crippen molar-refractivity contribution < 1.29 is 9.53 Å². The lowest BCUT2D eigenvalue weighted by atomic mass is 10.2. The van der Waals surface area contributed by atoms with Crippen LogP contribution < -0.4 is 15.4 Å². The van der Waals surface area contributed by atoms with Gasteiger partial charge in [0.2, 0.25) is 5.91 Å². The molecule has 0 saturated carbocycles. The van der Waals surface area contributed by atoms with Gasteiger partial charge in [0.25, 0.3) is 0 Å². The van der Waals surface area contributed by atoms with Crippen LogP contribution in [0.15, 0.2) is 29.3 Å². The van der Waals surface area contributed by atoms with Crippen LogP contribution in [0, 0.1) is 0 Å². The Morgan fingerprint density at radius 2 is 2.12 bits per heavy atom. The number of hydrogen-bond donors (Lipinski definition) is 2. The van der Waals surface area contributed by atoms with Gasteiger partial charge in [0.05, 0.1) is 13.7 Å². The largest absolute Gasteiger partial charge is 0.497 e. The molecule has 1 heterocycles. The first-order valence-corrected chi connectivity index (χ1v) is 9.68. The Kier molecular flexibility index (Phi) is 7.91. The predicted octanol–water partition coefficient (Wildman–Crippen LogP) is 1.71. The zero-order valence-electron chi connectivity index (χ0n) is 15.2. The number of hydrogen-bond acceptors (Lipinski definition) is 4. The number of rotatable bonds is 6. The van der Waals surface area contributed by atoms with Crippen molar-refractivity contribution in [2.45, 2.75) is 25.1 Å². The molecule has 0 spiro atoms. The van der Waals surface area contributed by atoms with E-state index in [4.69, 9.17) is 4.74 Å². The summed E-state index contributed by atoms with van der Waals surface area (Å²) in [6, 6.07) is 7.67. The SMILES string of the molecule is CCC1CN(C(=NC)NCC(=O)NCc2ccc(OC)cc2)CCS1. The first-order valence-electron chi connectivity index (χ1n) is 8.63. The first kappa shape index (κ1) is 19.4. The van der Waals surface area contributed by atoms with Gasteiger partial charge in [-0.15, -0.1) is 0 Å². The molecule has 0 aliphatic carbocycles. The molecule has 7 heteroatoms. The molecule has 1 aliphatic rings. The maximum Gasteiger partial charge on any atom is 0.239 e. The number of ether oxygens (including phenoxy) is 1. The maximum absolute atomic E-state index is 12.1. The Labute approximate surface area is 154 Å². The number of guanidine groups is 1. The Hall–Kier alpha value is -1.89. The van der Waals surface area contributed by atoms with Gasteiger partial charge in [0.15, 0.2) is 5.96 Å². The maximum atomic E-state index is 12.1. The summed E-state index contributed by atoms with van der Waals surface area (Å²) in [5.41, 5.74) is 1.04. The zero-order chi connectivity index (χ0) is 18.1. The number of nitrogens with one attached hydrogen (secondary N) is 2. The normalized spacial score (nSPS) is 18.0. The van der Waals surface area contributed by atoms with Crippen LogP contribution in [-0.4, -0.2) is 61.6 Å². The molecule has 1 amide bonds. The van der Waals surface area contributed by atoms with E-state index in [0.717, 1.165) is 42.5 Å². The molecule has 1 atom stereocenters. The Morgan fingerprint density at radius 3 is 2.76 bits per heavy atom. The van der Waals surface area contributed by atoms with E-state index in [-0.39, 0.29) is 12.5 Å². The molecular formula is C18H28N4O2S. The van der Waals surface area contributed by atoms with Crippen molar-refractivity contribution in [2.75, 3.05) is 39.5 Å². The number of benzene rings is 1. The molecule has 0 bridgehead atoms. The van der Waals surface area contributed by atoms with E-state index in [2.05, 4.69) is 27.4 Å². The number of aliphatic imine (C=N–C) groups is 1. The summed E-state index contributed by atoms with van der Waals surface area (Å²) in [6.07, 6.45) is 1.15. The van der Waals surface area contributed by atoms with Crippen molar-refractivity contribution in [3.63, 3.8) is 0 Å². The molecule has 1 fully saturated rings. The Bertz CT molecular complexity index is 577. The second-order valence-corrected chi connectivity index (χ2v) is 7.28. The van der Waals surface area contributed by atoms with Crippen molar-refractivity contribution >= 4 is 23.6 Å². The van der Waals surface area contributed by atoms with Gasteiger partial charge in [0.1, 0.15) is 5.75 Å². The van der Waals surface area contributed by atoms with Crippen molar-refractivity contribution in [3.05, 3.63) is 29.8 Å². The summed E-state index contributed by atoms with van der Waals surface area (Å²) in [5, 5.41) is 6.73. The average Bonchev–Trinajstić information content (AvgIpc) is 2.67. The van der Waals surface area contributed by atoms with Crippen LogP contribution in [0.4, 0.5) is 0 Å². The molecular weight excluding hydrogens is 336 g/mol. The third-order valence-corrected chi connectivity index (χ3v) is 5.53. The zero-order valence-corrected chi connectivity index (χ0v) is 16.1. The molecule has 6 nitrogen and oxygen atoms in total. The van der Waals surface area contributed by atoms with Crippen LogP contribution in [0.2, 0.25) is 0 Å². The minimum atomic E-state index is -0.0459. The smallest absolute Gasteiger partial charge is 0.239 e. The summed E-state index contributed by atoms with van der Waals surface area (Å²) in [7, 11) is 3.40. The molecule has 1 saturated heterocycles. The molecule has 1 aromatic rings. The molecule has 0 radical (unpaired) electrons. The number of carbonyl (C=O) groups excluding carboxylic acids is 1. The Balaban J connectivity index is 1.75. The summed E-state index contributed by atoms with van der Waals surface area (Å²) >= 11 is 2.01. The number of nitrogens with zero attached hydrogens (tertiary/aromatic N) is 2. The van der Waals surface area contributed by atoms with E-state index in [1.54, 1.807) is 14.2 Å². The minimum Gasteiger partial charge on any atom is -0.497 e. The first-order chi connectivity index (χ1) is 12.2. The predicted molar refractivity (Wildman–Crippen MR) is 104 cm³/mol. The molecule has 1 unspecified atom stereocenters. The molecule has 1 aliphatic heterocycles. The average molecular weight is 365 g/mol. The van der Waals surface area contributed by atoms with Crippen LogP contribution in [0.1, 0.15) is 18.9 Å². The highest BCUT2D eigenvalue weighted by molar-refractivity contribution is 8.00. The molecule has 0 aromatic heterocycles. The standard InChI is InChI=1S/C18H28N4O2S/c1-4-16-13-22(9-10-25-16)18(19-2)21-12-17(23)20-11-14-5-7-15(24-3)8-6-14/h5-8,16H,4,9-13H2,1-3H3,(H,19,21)(H,20,23). The lowest BCUT2D eigenvalue weighted by Gasteiger charge is -2.34. The van der Waals surface area contributed by atoms with Crippen molar-refractivity contribution in [2.24, 2.45) is 4.99 Å². The van der Waals surface area contributed by atoms with Crippen LogP contribution in [-0.2, 0) is 11.3 Å². The second-order valence-electron chi connectivity index (χ2n) is 5.87. The van der Waals surface area contributed by atoms with Gasteiger partial charge in [-0.05, 0) is 24.1 Å². The number of carbonyl (C=O) groups is 1. The minimum absolute atomic E-state index is 0.0459. The van der Waals surface area contributed by atoms with E-state index in [9.17, 15) is 4.79 Å². The lowest BCUT2D eigenvalue weighted by molar-refractivity contribution is -0.120. The van der Waals surface area contributed by atoms with Crippen LogP contribution >= 0.6 is 11.8 Å². The summed E-state index contributed by atoms with van der Waals surface area (Å²) in [6.45, 7) is 4.89. The van der Waals surface area contributed by atoms with E-state index in [1.165, 1.54) is 0 Å². The lowest BCUT2D eigenvalue weighted by Crippen LogP contribution is -2.50. The summed E-state index contributed by atoms with van der Waals surface area (Å²) in [5.74, 6) is 2.67. The molecule has 25 heavy (non-hydrogen) atoms. The van der Waals surface area contributed by atoms with Crippen molar-refractivity contribution in [1.29, 1.82) is 0 Å². The fourth-order valence-corrected chi connectivity index (χ4v) is 3.84. The third-order valence-electron chi connectivity index (χ3n) is 4.16. The van der Waals surface area contributed by atoms with Gasteiger partial charge in [-0.1, -0.05) is 19.1 Å². The molecule has 2 N–H and O–H groups in total. The summed E-state index contributed by atoms with van der Waals surface area (Å²) in [4.78, 5) is 18.6. The highest BCUT2D eigenvalue weighted by Crippen LogP contribution is 2.20. The highest BCUT2D eigenvalue weighted by atomic mass is 32.2. The molecule has 2 rings (SSSR count). The van der Waals surface area contributed by atoms with E-state index >= 15 is 0 Å². The van der Waals surface area contributed by atoms with Crippen molar-refractivity contribution in [1.82, 2.24) is 15.5 Å². The fourth-order valence-electron chi connectivity index (χ4n) is 2.66. The highest BCUT2D eigenvalue weighted by Gasteiger charge is 2.21. The summed E-state index contributed by atoms with van der Waals surface area (Å²) < 4.78 is 5.13. The van der Waals surface area contributed by atoms with E-state index in [1.807, 2.05) is 36.0 Å². The number of methoxy groups -OCH3 is 1. The van der Waals surface area contributed by atoms with Gasteiger partial charge in [0, 0.05) is 37.7 Å². The van der Waals surface area contributed by atoms with Gasteiger partial charge < -0.3 is 20.3 Å². The fraction of sp³-hybridized carbons (Fsp3) is 0.556. The topological polar surface area (TPSA) is 66.0 Å². The van der Waals surface area contributed by atoms with Crippen LogP contribution in [0.3, 0.4) is 0 Å². The quantitative estimate of drug-likeness (QED) is 0.594. The third kappa shape index (κ3) is 6.16. The molecule has 1 aromatic carbocycles. The van der Waals surface area contributed by atoms with Crippen LogP contribution in [0.25, 0.3) is 0 Å². The Morgan fingerprint density at radius 1 is 1.36 bits per heavy atom. The van der Waals surface area contributed by atoms with Crippen molar-refractivity contribution in [3.8, 4) is 5.75 Å². The van der Waals surface area contributed by atoms with Gasteiger partial charge in [-0.2, -0.15) is 11.8 Å². The van der Waals surface area contributed by atoms with Gasteiger partial charge >= 0.3 is 0 Å². The number of amides is 1.